The number of carbonyl (C=O) groups is 1. The summed E-state index contributed by atoms with van der Waals surface area (Å²) in [5.41, 5.74) is 3.13. The van der Waals surface area contributed by atoms with Crippen LogP contribution in [-0.2, 0) is 0 Å². The number of ketones is 1. The van der Waals surface area contributed by atoms with E-state index in [1.165, 1.54) is 16.9 Å². The molecule has 0 atom stereocenters. The van der Waals surface area contributed by atoms with Gasteiger partial charge in [0.2, 0.25) is 0 Å². The molecule has 0 amide bonds. The van der Waals surface area contributed by atoms with Gasteiger partial charge in [0.1, 0.15) is 5.01 Å². The van der Waals surface area contributed by atoms with Crippen LogP contribution in [0.4, 0.5) is 0 Å². The number of benzene rings is 1. The number of Topliss-reactive ketones (excluding diaryl/α,β-unsaturated/α-hetero) is 1. The second-order valence-electron chi connectivity index (χ2n) is 3.86. The van der Waals surface area contributed by atoms with Crippen LogP contribution < -0.4 is 0 Å². The van der Waals surface area contributed by atoms with Gasteiger partial charge in [-0.05, 0) is 13.8 Å². The van der Waals surface area contributed by atoms with Gasteiger partial charge in [-0.1, -0.05) is 29.8 Å². The number of thiazole rings is 1. The summed E-state index contributed by atoms with van der Waals surface area (Å²) in [5.74, 6) is 0.0911. The number of hydrogen-bond donors (Lipinski definition) is 0. The molecule has 16 heavy (non-hydrogen) atoms. The lowest BCUT2D eigenvalue weighted by Gasteiger charge is -1.96. The van der Waals surface area contributed by atoms with Crippen LogP contribution >= 0.6 is 11.3 Å². The van der Waals surface area contributed by atoms with Crippen LogP contribution in [0.15, 0.2) is 24.3 Å². The van der Waals surface area contributed by atoms with E-state index < -0.39 is 0 Å². The van der Waals surface area contributed by atoms with Crippen LogP contribution in [0.2, 0.25) is 0 Å². The molecule has 0 aliphatic carbocycles. The van der Waals surface area contributed by atoms with Gasteiger partial charge >= 0.3 is 0 Å². The van der Waals surface area contributed by atoms with E-state index in [0.717, 1.165) is 21.1 Å². The smallest absolute Gasteiger partial charge is 0.171 e. The molecule has 0 saturated carbocycles. The highest BCUT2D eigenvalue weighted by molar-refractivity contribution is 7.17. The predicted molar refractivity (Wildman–Crippen MR) is 67.0 cm³/mol. The van der Waals surface area contributed by atoms with Crippen LogP contribution in [0, 0.1) is 13.8 Å². The minimum absolute atomic E-state index is 0.0911. The highest BCUT2D eigenvalue weighted by Crippen LogP contribution is 2.28. The highest BCUT2D eigenvalue weighted by Gasteiger charge is 2.12. The highest BCUT2D eigenvalue weighted by atomic mass is 32.1. The Balaban J connectivity index is 2.45. The van der Waals surface area contributed by atoms with E-state index in [1.807, 2.05) is 19.1 Å². The lowest BCUT2D eigenvalue weighted by atomic mass is 10.2. The first kappa shape index (κ1) is 11.0. The Morgan fingerprint density at radius 3 is 2.31 bits per heavy atom. The molecule has 2 rings (SSSR count). The van der Waals surface area contributed by atoms with Crippen LogP contribution in [0.25, 0.3) is 10.6 Å². The number of rotatable bonds is 2. The van der Waals surface area contributed by atoms with Crippen molar-refractivity contribution >= 4 is 17.1 Å². The zero-order valence-corrected chi connectivity index (χ0v) is 10.4. The molecule has 0 bridgehead atoms. The van der Waals surface area contributed by atoms with Crippen molar-refractivity contribution in [2.24, 2.45) is 0 Å². The lowest BCUT2D eigenvalue weighted by Crippen LogP contribution is -1.89. The van der Waals surface area contributed by atoms with Gasteiger partial charge in [-0.2, -0.15) is 0 Å². The monoisotopic (exact) mass is 231 g/mol. The van der Waals surface area contributed by atoms with E-state index in [0.29, 0.717) is 0 Å². The van der Waals surface area contributed by atoms with Crippen LogP contribution in [0.5, 0.6) is 0 Å². The average Bonchev–Trinajstić information content (AvgIpc) is 2.61. The van der Waals surface area contributed by atoms with Crippen LogP contribution in [0.3, 0.4) is 0 Å². The Bertz CT molecular complexity index is 525. The molecular formula is C13H13NOS. The van der Waals surface area contributed by atoms with Gasteiger partial charge in [0.15, 0.2) is 5.78 Å². The summed E-state index contributed by atoms with van der Waals surface area (Å²) in [6.45, 7) is 5.52. The molecular weight excluding hydrogens is 218 g/mol. The van der Waals surface area contributed by atoms with E-state index in [2.05, 4.69) is 24.0 Å². The van der Waals surface area contributed by atoms with Crippen molar-refractivity contribution in [2.45, 2.75) is 20.8 Å². The Kier molecular flexibility index (Phi) is 2.88. The molecule has 2 aromatic rings. The maximum atomic E-state index is 11.3. The first-order valence-electron chi connectivity index (χ1n) is 5.13. The Labute approximate surface area is 99.0 Å². The number of nitrogens with zero attached hydrogens (tertiary/aromatic N) is 1. The van der Waals surface area contributed by atoms with E-state index in [1.54, 1.807) is 6.92 Å². The van der Waals surface area contributed by atoms with E-state index in [4.69, 9.17) is 0 Å². The summed E-state index contributed by atoms with van der Waals surface area (Å²) in [4.78, 5) is 16.5. The minimum atomic E-state index is 0.0911. The van der Waals surface area contributed by atoms with Crippen molar-refractivity contribution in [3.8, 4) is 10.6 Å². The normalized spacial score (nSPS) is 10.4. The molecule has 0 aliphatic rings. The summed E-state index contributed by atoms with van der Waals surface area (Å²) in [6.07, 6.45) is 0. The number of aromatic nitrogens is 1. The second kappa shape index (κ2) is 4.18. The first-order valence-corrected chi connectivity index (χ1v) is 5.95. The standard InChI is InChI=1S/C13H13NOS/c1-8-4-6-11(7-5-8)13-14-9(2)12(16-13)10(3)15/h4-7H,1-3H3. The third-order valence-corrected chi connectivity index (χ3v) is 3.72. The zero-order chi connectivity index (χ0) is 11.7. The Morgan fingerprint density at radius 1 is 1.19 bits per heavy atom. The van der Waals surface area contributed by atoms with Crippen molar-refractivity contribution in [1.29, 1.82) is 0 Å². The van der Waals surface area contributed by atoms with Crippen LogP contribution in [-0.4, -0.2) is 10.8 Å². The van der Waals surface area contributed by atoms with E-state index in [-0.39, 0.29) is 5.78 Å². The van der Waals surface area contributed by atoms with Crippen molar-refractivity contribution in [2.75, 3.05) is 0 Å². The summed E-state index contributed by atoms with van der Waals surface area (Å²) in [5, 5.41) is 0.919. The van der Waals surface area contributed by atoms with Crippen LogP contribution in [0.1, 0.15) is 27.9 Å². The molecule has 0 aliphatic heterocycles. The topological polar surface area (TPSA) is 30.0 Å². The van der Waals surface area contributed by atoms with Gasteiger partial charge in [0.05, 0.1) is 10.6 Å². The van der Waals surface area contributed by atoms with Gasteiger partial charge in [0.25, 0.3) is 0 Å². The van der Waals surface area contributed by atoms with Gasteiger partial charge < -0.3 is 0 Å². The van der Waals surface area contributed by atoms with Crippen molar-refractivity contribution in [3.05, 3.63) is 40.4 Å². The van der Waals surface area contributed by atoms with E-state index in [9.17, 15) is 4.79 Å². The molecule has 1 heterocycles. The second-order valence-corrected chi connectivity index (χ2v) is 4.85. The average molecular weight is 231 g/mol. The molecule has 2 nitrogen and oxygen atoms in total. The summed E-state index contributed by atoms with van der Waals surface area (Å²) < 4.78 is 0. The van der Waals surface area contributed by atoms with Gasteiger partial charge in [-0.3, -0.25) is 4.79 Å². The fraction of sp³-hybridized carbons (Fsp3) is 0.231. The van der Waals surface area contributed by atoms with Crippen molar-refractivity contribution in [1.82, 2.24) is 4.98 Å². The quantitative estimate of drug-likeness (QED) is 0.739. The molecule has 0 radical (unpaired) electrons. The van der Waals surface area contributed by atoms with E-state index >= 15 is 0 Å². The zero-order valence-electron chi connectivity index (χ0n) is 9.57. The fourth-order valence-electron chi connectivity index (χ4n) is 1.54. The largest absolute Gasteiger partial charge is 0.294 e. The maximum absolute atomic E-state index is 11.3. The van der Waals surface area contributed by atoms with Crippen molar-refractivity contribution in [3.63, 3.8) is 0 Å². The van der Waals surface area contributed by atoms with Gasteiger partial charge in [0, 0.05) is 12.5 Å². The molecule has 1 aromatic carbocycles. The third kappa shape index (κ3) is 2.04. The number of carbonyl (C=O) groups excluding carboxylic acids is 1. The third-order valence-electron chi connectivity index (χ3n) is 2.41. The molecule has 3 heteroatoms. The molecule has 1 aromatic heterocycles. The minimum Gasteiger partial charge on any atom is -0.294 e. The van der Waals surface area contributed by atoms with Crippen molar-refractivity contribution < 1.29 is 4.79 Å². The molecule has 0 spiro atoms. The number of aryl methyl sites for hydroxylation is 2. The first-order chi connectivity index (χ1) is 7.58. The molecule has 0 fully saturated rings. The fourth-order valence-corrected chi connectivity index (χ4v) is 2.51. The lowest BCUT2D eigenvalue weighted by molar-refractivity contribution is 0.102. The Morgan fingerprint density at radius 2 is 1.81 bits per heavy atom. The SMILES string of the molecule is CC(=O)c1sc(-c2ccc(C)cc2)nc1C. The molecule has 0 unspecified atom stereocenters. The molecule has 0 N–H and O–H groups in total. The summed E-state index contributed by atoms with van der Waals surface area (Å²) >= 11 is 1.47. The molecule has 0 saturated heterocycles. The van der Waals surface area contributed by atoms with Gasteiger partial charge in [-0.15, -0.1) is 11.3 Å². The summed E-state index contributed by atoms with van der Waals surface area (Å²) in [7, 11) is 0. The van der Waals surface area contributed by atoms with Gasteiger partial charge in [-0.25, -0.2) is 4.98 Å². The summed E-state index contributed by atoms with van der Waals surface area (Å²) in [6, 6.07) is 8.19. The Hall–Kier alpha value is -1.48. The maximum Gasteiger partial charge on any atom is 0.171 e. The number of hydrogen-bond acceptors (Lipinski definition) is 3. The molecule has 82 valence electrons. The predicted octanol–water partition coefficient (Wildman–Crippen LogP) is 3.63.